The fourth-order valence-corrected chi connectivity index (χ4v) is 4.20. The number of quaternary nitrogens is 1. The van der Waals surface area contributed by atoms with E-state index in [1.54, 1.807) is 19.1 Å². The number of furan rings is 1. The fraction of sp³-hybridized carbons (Fsp3) is 0.421. The number of nitrogens with one attached hydrogen (secondary N) is 1. The highest BCUT2D eigenvalue weighted by Gasteiger charge is 2.45. The van der Waals surface area contributed by atoms with Crippen LogP contribution in [0.3, 0.4) is 0 Å². The maximum absolute atomic E-state index is 13.2. The Morgan fingerprint density at radius 3 is 2.70 bits per heavy atom. The quantitative estimate of drug-likeness (QED) is 0.699. The molecule has 2 aromatic rings. The third-order valence-corrected chi connectivity index (χ3v) is 5.62. The lowest BCUT2D eigenvalue weighted by Gasteiger charge is -2.24. The Hall–Kier alpha value is -2.45. The second-order valence-electron chi connectivity index (χ2n) is 6.97. The molecule has 0 fully saturated rings. The second-order valence-corrected chi connectivity index (χ2v) is 8.17. The molecule has 2 N–H and O–H groups in total. The van der Waals surface area contributed by atoms with Gasteiger partial charge < -0.3 is 19.3 Å². The van der Waals surface area contributed by atoms with Gasteiger partial charge in [0.05, 0.1) is 48.1 Å². The van der Waals surface area contributed by atoms with Crippen molar-refractivity contribution in [1.29, 1.82) is 0 Å². The first kappa shape index (κ1) is 19.3. The predicted octanol–water partition coefficient (Wildman–Crippen LogP) is 1.47. The van der Waals surface area contributed by atoms with Gasteiger partial charge in [0.1, 0.15) is 11.8 Å². The number of Topliss-reactive ketones (excluding diaryl/α,β-unsaturated/α-hetero) is 1. The lowest BCUT2D eigenvalue weighted by Crippen LogP contribution is -3.05. The third-order valence-electron chi connectivity index (χ3n) is 4.55. The van der Waals surface area contributed by atoms with Crippen molar-refractivity contribution in [1.82, 2.24) is 9.88 Å². The normalized spacial score (nSPS) is 17.4. The van der Waals surface area contributed by atoms with Gasteiger partial charge in [0.2, 0.25) is 5.78 Å². The zero-order valence-corrected chi connectivity index (χ0v) is 16.7. The molecule has 1 aliphatic heterocycles. The Balaban J connectivity index is 1.98. The first-order chi connectivity index (χ1) is 12.8. The summed E-state index contributed by atoms with van der Waals surface area (Å²) in [6.07, 6.45) is 2.25. The number of aryl methyl sites for hydroxylation is 2. The monoisotopic (exact) mass is 390 g/mol. The largest absolute Gasteiger partial charge is 0.503 e. The highest BCUT2D eigenvalue weighted by molar-refractivity contribution is 7.14. The summed E-state index contributed by atoms with van der Waals surface area (Å²) >= 11 is 1.27. The van der Waals surface area contributed by atoms with Crippen LogP contribution in [0.25, 0.3) is 0 Å². The molecule has 2 aromatic heterocycles. The number of amides is 1. The van der Waals surface area contributed by atoms with Gasteiger partial charge in [-0.2, -0.15) is 0 Å². The van der Waals surface area contributed by atoms with Crippen LogP contribution >= 0.6 is 11.3 Å². The number of carbonyl (C=O) groups excluding carboxylic acids is 2. The summed E-state index contributed by atoms with van der Waals surface area (Å²) in [6, 6.07) is 2.71. The average molecular weight is 390 g/mol. The number of hydrogen-bond donors (Lipinski definition) is 2. The minimum atomic E-state index is -0.723. The first-order valence-electron chi connectivity index (χ1n) is 8.86. The van der Waals surface area contributed by atoms with Gasteiger partial charge in [0, 0.05) is 13.0 Å². The highest BCUT2D eigenvalue weighted by atomic mass is 32.1. The maximum atomic E-state index is 13.2. The lowest BCUT2D eigenvalue weighted by atomic mass is 9.99. The standard InChI is InChI=1S/C19H23N3O4S/c1-11-18(27-12(2)20-11)16(23)14-15(13-7-5-10-26-13)22(19(25)17(14)24)9-6-8-21(3)4/h5,7,10,15,24H,6,8-9H2,1-4H3/p+1/t15-/m1/s1. The molecule has 0 saturated carbocycles. The number of hydrogen-bond acceptors (Lipinski definition) is 6. The van der Waals surface area contributed by atoms with E-state index in [1.807, 2.05) is 21.0 Å². The summed E-state index contributed by atoms with van der Waals surface area (Å²) in [4.78, 5) is 33.4. The van der Waals surface area contributed by atoms with Crippen molar-refractivity contribution in [3.8, 4) is 0 Å². The van der Waals surface area contributed by atoms with E-state index in [-0.39, 0.29) is 11.4 Å². The van der Waals surface area contributed by atoms with Gasteiger partial charge in [-0.3, -0.25) is 9.59 Å². The number of aliphatic hydroxyl groups excluding tert-OH is 1. The lowest BCUT2D eigenvalue weighted by molar-refractivity contribution is -0.858. The molecule has 1 atom stereocenters. The molecule has 0 unspecified atom stereocenters. The molecule has 0 bridgehead atoms. The van der Waals surface area contributed by atoms with Gasteiger partial charge in [-0.1, -0.05) is 0 Å². The molecule has 0 radical (unpaired) electrons. The molecule has 144 valence electrons. The SMILES string of the molecule is Cc1nc(C)c(C(=O)C2=C(O)C(=O)N(CCC[NH+](C)C)[C@@H]2c2ccco2)s1. The van der Waals surface area contributed by atoms with Crippen LogP contribution in [0.1, 0.15) is 38.6 Å². The molecular weight excluding hydrogens is 366 g/mol. The van der Waals surface area contributed by atoms with E-state index >= 15 is 0 Å². The molecule has 0 aliphatic carbocycles. The number of aliphatic hydroxyl groups is 1. The summed E-state index contributed by atoms with van der Waals surface area (Å²) in [5.74, 6) is -0.936. The Morgan fingerprint density at radius 2 is 2.15 bits per heavy atom. The van der Waals surface area contributed by atoms with Crippen molar-refractivity contribution in [2.24, 2.45) is 0 Å². The Labute approximate surface area is 161 Å². The summed E-state index contributed by atoms with van der Waals surface area (Å²) in [7, 11) is 4.07. The molecular formula is C19H24N3O4S+. The predicted molar refractivity (Wildman–Crippen MR) is 101 cm³/mol. The molecule has 27 heavy (non-hydrogen) atoms. The van der Waals surface area contributed by atoms with Crippen molar-refractivity contribution in [2.75, 3.05) is 27.2 Å². The summed E-state index contributed by atoms with van der Waals surface area (Å²) in [6.45, 7) is 4.87. The van der Waals surface area contributed by atoms with Gasteiger partial charge in [-0.15, -0.1) is 11.3 Å². The minimum absolute atomic E-state index is 0.0684. The van der Waals surface area contributed by atoms with Crippen molar-refractivity contribution >= 4 is 23.0 Å². The van der Waals surface area contributed by atoms with E-state index in [2.05, 4.69) is 4.98 Å². The van der Waals surface area contributed by atoms with Crippen molar-refractivity contribution in [2.45, 2.75) is 26.3 Å². The van der Waals surface area contributed by atoms with Crippen molar-refractivity contribution < 1.29 is 24.0 Å². The van der Waals surface area contributed by atoms with E-state index in [0.717, 1.165) is 18.0 Å². The van der Waals surface area contributed by atoms with Crippen LogP contribution in [0.2, 0.25) is 0 Å². The molecule has 3 heterocycles. The fourth-order valence-electron chi connectivity index (χ4n) is 3.33. The Bertz CT molecular complexity index is 883. The van der Waals surface area contributed by atoms with Gasteiger partial charge in [-0.25, -0.2) is 4.98 Å². The Morgan fingerprint density at radius 1 is 1.41 bits per heavy atom. The topological polar surface area (TPSA) is 88.1 Å². The third kappa shape index (κ3) is 3.68. The van der Waals surface area contributed by atoms with Crippen LogP contribution in [0.15, 0.2) is 34.1 Å². The van der Waals surface area contributed by atoms with Crippen LogP contribution < -0.4 is 4.90 Å². The maximum Gasteiger partial charge on any atom is 0.290 e. The molecule has 1 amide bonds. The molecule has 8 heteroatoms. The molecule has 1 aliphatic rings. The van der Waals surface area contributed by atoms with E-state index in [0.29, 0.717) is 22.9 Å². The van der Waals surface area contributed by atoms with Gasteiger partial charge >= 0.3 is 0 Å². The van der Waals surface area contributed by atoms with Crippen molar-refractivity contribution in [3.05, 3.63) is 51.1 Å². The molecule has 3 rings (SSSR count). The average Bonchev–Trinajstić information content (AvgIpc) is 3.29. The smallest absolute Gasteiger partial charge is 0.290 e. The van der Waals surface area contributed by atoms with E-state index in [1.165, 1.54) is 27.4 Å². The first-order valence-corrected chi connectivity index (χ1v) is 9.68. The van der Waals surface area contributed by atoms with Gasteiger partial charge in [-0.05, 0) is 26.0 Å². The molecule has 7 nitrogen and oxygen atoms in total. The van der Waals surface area contributed by atoms with Crippen LogP contribution in [0, 0.1) is 13.8 Å². The van der Waals surface area contributed by atoms with Gasteiger partial charge in [0.25, 0.3) is 5.91 Å². The second kappa shape index (κ2) is 7.66. The summed E-state index contributed by atoms with van der Waals surface area (Å²) in [5, 5.41) is 11.3. The van der Waals surface area contributed by atoms with Crippen LogP contribution in [-0.4, -0.2) is 53.9 Å². The van der Waals surface area contributed by atoms with Crippen LogP contribution in [-0.2, 0) is 4.79 Å². The number of carbonyl (C=O) groups is 2. The number of rotatable bonds is 7. The van der Waals surface area contributed by atoms with Crippen LogP contribution in [0.4, 0.5) is 0 Å². The number of aromatic nitrogens is 1. The number of nitrogens with zero attached hydrogens (tertiary/aromatic N) is 2. The van der Waals surface area contributed by atoms with Crippen LogP contribution in [0.5, 0.6) is 0 Å². The Kier molecular flexibility index (Phi) is 5.48. The summed E-state index contributed by atoms with van der Waals surface area (Å²) < 4.78 is 5.51. The zero-order valence-electron chi connectivity index (χ0n) is 15.9. The van der Waals surface area contributed by atoms with E-state index in [9.17, 15) is 14.7 Å². The minimum Gasteiger partial charge on any atom is -0.503 e. The molecule has 0 saturated heterocycles. The van der Waals surface area contributed by atoms with E-state index in [4.69, 9.17) is 4.42 Å². The van der Waals surface area contributed by atoms with Crippen molar-refractivity contribution in [3.63, 3.8) is 0 Å². The molecule has 0 aromatic carbocycles. The zero-order chi connectivity index (χ0) is 19.7. The summed E-state index contributed by atoms with van der Waals surface area (Å²) in [5.41, 5.74) is 0.669. The van der Waals surface area contributed by atoms with E-state index < -0.39 is 17.7 Å². The van der Waals surface area contributed by atoms with Gasteiger partial charge in [0.15, 0.2) is 5.76 Å². The molecule has 0 spiro atoms. The number of ketones is 1. The highest BCUT2D eigenvalue weighted by Crippen LogP contribution is 2.40. The number of thiazole rings is 1.